The average molecular weight is 267 g/mol. The largest absolute Gasteiger partial charge is 0.507 e. The number of aromatic hydroxyl groups is 1. The van der Waals surface area contributed by atoms with Crippen LogP contribution in [0.15, 0.2) is 22.7 Å². The molecule has 1 aromatic carbocycles. The maximum Gasteiger partial charge on any atom is 0.379 e. The number of carbonyl (C=O) groups is 1. The number of carboxylic acids is 1. The highest BCUT2D eigenvalue weighted by Gasteiger charge is 2.43. The number of aliphatic carboxylic acids is 1. The predicted octanol–water partition coefficient (Wildman–Crippen LogP) is 2.33. The molecule has 0 aliphatic rings. The summed E-state index contributed by atoms with van der Waals surface area (Å²) < 4.78 is 25.6. The van der Waals surface area contributed by atoms with E-state index in [1.54, 1.807) is 0 Å². The molecule has 0 unspecified atom stereocenters. The van der Waals surface area contributed by atoms with Crippen LogP contribution in [-0.4, -0.2) is 16.2 Å². The van der Waals surface area contributed by atoms with E-state index >= 15 is 0 Å². The number of hydrogen-bond acceptors (Lipinski definition) is 2. The summed E-state index contributed by atoms with van der Waals surface area (Å²) in [5.74, 6) is -6.70. The third-order valence-electron chi connectivity index (χ3n) is 1.59. The lowest BCUT2D eigenvalue weighted by Gasteiger charge is -2.13. The minimum Gasteiger partial charge on any atom is -0.507 e. The van der Waals surface area contributed by atoms with Gasteiger partial charge in [0.1, 0.15) is 5.75 Å². The summed E-state index contributed by atoms with van der Waals surface area (Å²) in [6.07, 6.45) is 0. The maximum atomic E-state index is 13.0. The number of carboxylic acid groups (broad SMARTS) is 1. The molecular weight excluding hydrogens is 262 g/mol. The lowest BCUT2D eigenvalue weighted by Crippen LogP contribution is -2.25. The van der Waals surface area contributed by atoms with E-state index in [-0.39, 0.29) is 4.47 Å². The van der Waals surface area contributed by atoms with Crippen LogP contribution in [0.2, 0.25) is 0 Å². The summed E-state index contributed by atoms with van der Waals surface area (Å²) >= 11 is 2.69. The van der Waals surface area contributed by atoms with Gasteiger partial charge in [0.05, 0.1) is 10.0 Å². The van der Waals surface area contributed by atoms with E-state index in [4.69, 9.17) is 10.2 Å². The SMILES string of the molecule is O=C(O)C(F)(F)c1cccc(O)c1Br. The first kappa shape index (κ1) is 10.9. The van der Waals surface area contributed by atoms with Crippen molar-refractivity contribution < 1.29 is 23.8 Å². The second-order valence-electron chi connectivity index (χ2n) is 2.52. The number of halogens is 3. The lowest BCUT2D eigenvalue weighted by atomic mass is 10.1. The second kappa shape index (κ2) is 3.53. The minimum atomic E-state index is -4.02. The van der Waals surface area contributed by atoms with Gasteiger partial charge in [-0.1, -0.05) is 12.1 Å². The van der Waals surface area contributed by atoms with Crippen molar-refractivity contribution in [3.05, 3.63) is 28.2 Å². The summed E-state index contributed by atoms with van der Waals surface area (Å²) in [5, 5.41) is 17.3. The molecule has 1 rings (SSSR count). The molecule has 2 N–H and O–H groups in total. The van der Waals surface area contributed by atoms with Gasteiger partial charge in [0.25, 0.3) is 0 Å². The van der Waals surface area contributed by atoms with Crippen LogP contribution >= 0.6 is 15.9 Å². The number of rotatable bonds is 2. The summed E-state index contributed by atoms with van der Waals surface area (Å²) in [5.41, 5.74) is -0.773. The molecule has 76 valence electrons. The standard InChI is InChI=1S/C8H5BrF2O3/c9-6-4(2-1-3-5(6)12)8(10,11)7(13)14/h1-3,12H,(H,13,14). The molecule has 0 spiro atoms. The zero-order chi connectivity index (χ0) is 10.9. The molecule has 0 aromatic heterocycles. The van der Waals surface area contributed by atoms with Crippen LogP contribution in [0.25, 0.3) is 0 Å². The maximum absolute atomic E-state index is 13.0. The van der Waals surface area contributed by atoms with Gasteiger partial charge in [0.2, 0.25) is 0 Å². The Morgan fingerprint density at radius 3 is 2.50 bits per heavy atom. The van der Waals surface area contributed by atoms with Crippen LogP contribution in [0.1, 0.15) is 5.56 Å². The summed E-state index contributed by atoms with van der Waals surface area (Å²) in [4.78, 5) is 10.2. The van der Waals surface area contributed by atoms with Crippen molar-refractivity contribution in [2.24, 2.45) is 0 Å². The van der Waals surface area contributed by atoms with Crippen molar-refractivity contribution in [2.75, 3.05) is 0 Å². The van der Waals surface area contributed by atoms with Crippen LogP contribution < -0.4 is 0 Å². The smallest absolute Gasteiger partial charge is 0.379 e. The number of phenolic OH excluding ortho intramolecular Hbond substituents is 1. The Morgan fingerprint density at radius 1 is 1.43 bits per heavy atom. The first-order chi connectivity index (χ1) is 6.37. The molecule has 0 aliphatic heterocycles. The van der Waals surface area contributed by atoms with Gasteiger partial charge < -0.3 is 10.2 Å². The molecule has 0 bridgehead atoms. The average Bonchev–Trinajstić information content (AvgIpc) is 2.09. The fourth-order valence-electron chi connectivity index (χ4n) is 0.877. The quantitative estimate of drug-likeness (QED) is 0.864. The molecule has 14 heavy (non-hydrogen) atoms. The van der Waals surface area contributed by atoms with Gasteiger partial charge >= 0.3 is 11.9 Å². The van der Waals surface area contributed by atoms with Gasteiger partial charge in [0, 0.05) is 0 Å². The van der Waals surface area contributed by atoms with Crippen LogP contribution in [0.3, 0.4) is 0 Å². The van der Waals surface area contributed by atoms with Crippen molar-refractivity contribution in [2.45, 2.75) is 5.92 Å². The fraction of sp³-hybridized carbons (Fsp3) is 0.125. The van der Waals surface area contributed by atoms with Gasteiger partial charge in [-0.25, -0.2) is 4.79 Å². The molecule has 0 aliphatic carbocycles. The summed E-state index contributed by atoms with van der Waals surface area (Å²) in [7, 11) is 0. The van der Waals surface area contributed by atoms with Gasteiger partial charge in [-0.05, 0) is 22.0 Å². The van der Waals surface area contributed by atoms with E-state index in [0.29, 0.717) is 0 Å². The van der Waals surface area contributed by atoms with Crippen LogP contribution in [-0.2, 0) is 10.7 Å². The lowest BCUT2D eigenvalue weighted by molar-refractivity contribution is -0.166. The molecule has 0 saturated carbocycles. The Kier molecular flexibility index (Phi) is 2.75. The van der Waals surface area contributed by atoms with Crippen molar-refractivity contribution in [3.63, 3.8) is 0 Å². The van der Waals surface area contributed by atoms with Crippen molar-refractivity contribution in [1.29, 1.82) is 0 Å². The Hall–Kier alpha value is -1.17. The van der Waals surface area contributed by atoms with Crippen LogP contribution in [0, 0.1) is 0 Å². The Balaban J connectivity index is 3.33. The zero-order valence-corrected chi connectivity index (χ0v) is 8.25. The molecule has 3 nitrogen and oxygen atoms in total. The minimum absolute atomic E-state index is 0.313. The molecule has 0 saturated heterocycles. The Bertz CT molecular complexity index is 379. The zero-order valence-electron chi connectivity index (χ0n) is 6.67. The van der Waals surface area contributed by atoms with Gasteiger partial charge in [-0.3, -0.25) is 0 Å². The highest BCUT2D eigenvalue weighted by Crippen LogP contribution is 2.37. The molecule has 1 aromatic rings. The normalized spacial score (nSPS) is 11.4. The number of alkyl halides is 2. The topological polar surface area (TPSA) is 57.5 Å². The molecule has 0 fully saturated rings. The van der Waals surface area contributed by atoms with Crippen LogP contribution in [0.4, 0.5) is 8.78 Å². The van der Waals surface area contributed by atoms with Gasteiger partial charge in [-0.15, -0.1) is 0 Å². The molecule has 0 atom stereocenters. The molecule has 0 amide bonds. The molecule has 0 heterocycles. The van der Waals surface area contributed by atoms with Crippen molar-refractivity contribution in [1.82, 2.24) is 0 Å². The van der Waals surface area contributed by atoms with Crippen molar-refractivity contribution in [3.8, 4) is 5.75 Å². The highest BCUT2D eigenvalue weighted by molar-refractivity contribution is 9.10. The Morgan fingerprint density at radius 2 is 2.00 bits per heavy atom. The third-order valence-corrected chi connectivity index (χ3v) is 2.42. The number of hydrogen-bond donors (Lipinski definition) is 2. The summed E-state index contributed by atoms with van der Waals surface area (Å²) in [6.45, 7) is 0. The molecule has 6 heteroatoms. The van der Waals surface area contributed by atoms with E-state index in [1.807, 2.05) is 0 Å². The van der Waals surface area contributed by atoms with Crippen molar-refractivity contribution >= 4 is 21.9 Å². The highest BCUT2D eigenvalue weighted by atomic mass is 79.9. The molecule has 0 radical (unpaired) electrons. The first-order valence-corrected chi connectivity index (χ1v) is 4.26. The van der Waals surface area contributed by atoms with E-state index in [9.17, 15) is 13.6 Å². The van der Waals surface area contributed by atoms with E-state index < -0.39 is 23.2 Å². The van der Waals surface area contributed by atoms with E-state index in [2.05, 4.69) is 15.9 Å². The molecular formula is C8H5BrF2O3. The van der Waals surface area contributed by atoms with Crippen LogP contribution in [0.5, 0.6) is 5.75 Å². The monoisotopic (exact) mass is 266 g/mol. The van der Waals surface area contributed by atoms with E-state index in [1.165, 1.54) is 6.07 Å². The number of phenols is 1. The Labute approximate surface area is 86.1 Å². The van der Waals surface area contributed by atoms with Gasteiger partial charge in [-0.2, -0.15) is 8.78 Å². The fourth-order valence-corrected chi connectivity index (χ4v) is 1.39. The predicted molar refractivity (Wildman–Crippen MR) is 47.3 cm³/mol. The second-order valence-corrected chi connectivity index (χ2v) is 3.31. The number of benzene rings is 1. The van der Waals surface area contributed by atoms with Gasteiger partial charge in [0.15, 0.2) is 0 Å². The third kappa shape index (κ3) is 1.70. The van der Waals surface area contributed by atoms with E-state index in [0.717, 1.165) is 12.1 Å². The summed E-state index contributed by atoms with van der Waals surface area (Å²) in [6, 6.07) is 3.25. The first-order valence-electron chi connectivity index (χ1n) is 3.46.